The number of rotatable bonds is 11. The van der Waals surface area contributed by atoms with Crippen LogP contribution in [0.5, 0.6) is 0 Å². The molecule has 1 aliphatic rings. The van der Waals surface area contributed by atoms with E-state index in [2.05, 4.69) is 16.0 Å². The Labute approximate surface area is 173 Å². The molecule has 3 amide bonds. The summed E-state index contributed by atoms with van der Waals surface area (Å²) in [5.41, 5.74) is 11.3. The molecular weight excluding hydrogens is 374 g/mol. The summed E-state index contributed by atoms with van der Waals surface area (Å²) in [7, 11) is 0. The lowest BCUT2D eigenvalue weighted by atomic mass is 10.0. The number of hydrogen-bond acceptors (Lipinski definition) is 5. The molecule has 8 N–H and O–H groups in total. The fourth-order valence-electron chi connectivity index (χ4n) is 3.48. The maximum atomic E-state index is 13.2. The van der Waals surface area contributed by atoms with Crippen molar-refractivity contribution in [3.63, 3.8) is 0 Å². The summed E-state index contributed by atoms with van der Waals surface area (Å²) in [6.45, 7) is 7.18. The lowest BCUT2D eigenvalue weighted by Crippen LogP contribution is -2.55. The van der Waals surface area contributed by atoms with Crippen LogP contribution in [0.3, 0.4) is 0 Å². The number of nitrogens with one attached hydrogen (secondary N) is 4. The monoisotopic (exact) mass is 411 g/mol. The lowest BCUT2D eigenvalue weighted by Gasteiger charge is -2.29. The highest BCUT2D eigenvalue weighted by Crippen LogP contribution is 2.20. The van der Waals surface area contributed by atoms with Gasteiger partial charge < -0.3 is 32.3 Å². The van der Waals surface area contributed by atoms with E-state index in [-0.39, 0.29) is 29.6 Å². The van der Waals surface area contributed by atoms with Gasteiger partial charge in [-0.25, -0.2) is 0 Å². The second kappa shape index (κ2) is 12.3. The molecule has 0 aromatic carbocycles. The zero-order chi connectivity index (χ0) is 22.0. The van der Waals surface area contributed by atoms with Gasteiger partial charge >= 0.3 is 0 Å². The number of likely N-dealkylation sites (tertiary alicyclic amines) is 1. The first-order valence-corrected chi connectivity index (χ1v) is 10.4. The summed E-state index contributed by atoms with van der Waals surface area (Å²) in [5, 5.41) is 15.4. The predicted molar refractivity (Wildman–Crippen MR) is 112 cm³/mol. The number of nitrogens with two attached hydrogens (primary N) is 2. The first-order valence-electron chi connectivity index (χ1n) is 10.4. The summed E-state index contributed by atoms with van der Waals surface area (Å²) in [4.78, 5) is 39.6. The Hall–Kier alpha value is -2.36. The van der Waals surface area contributed by atoms with Crippen molar-refractivity contribution in [2.24, 2.45) is 17.4 Å². The van der Waals surface area contributed by atoms with Crippen molar-refractivity contribution in [1.29, 1.82) is 5.41 Å². The molecule has 1 fully saturated rings. The standard InChI is InChI=1S/C19H37N7O3/c1-4-23-17(28)15-8-6-10-26(15)18(29)14(7-5-9-24-19(21)22)25-16(27)13(20)11-12(2)3/h12-15H,4-11,20H2,1-3H3,(H,23,28)(H,25,27)(H4,21,22,24)/t13?,14-,15-/m0/s1. The molecule has 0 aromatic heterocycles. The van der Waals surface area contributed by atoms with Gasteiger partial charge in [0.1, 0.15) is 12.1 Å². The highest BCUT2D eigenvalue weighted by molar-refractivity contribution is 5.93. The Morgan fingerprint density at radius 1 is 1.24 bits per heavy atom. The van der Waals surface area contributed by atoms with E-state index in [9.17, 15) is 14.4 Å². The molecule has 1 aliphatic heterocycles. The first-order chi connectivity index (χ1) is 13.7. The fourth-order valence-corrected chi connectivity index (χ4v) is 3.48. The molecule has 0 spiro atoms. The largest absolute Gasteiger partial charge is 0.370 e. The molecule has 0 bridgehead atoms. The molecule has 29 heavy (non-hydrogen) atoms. The van der Waals surface area contributed by atoms with Gasteiger partial charge in [-0.3, -0.25) is 19.8 Å². The fraction of sp³-hybridized carbons (Fsp3) is 0.789. The molecule has 0 radical (unpaired) electrons. The molecule has 1 rings (SSSR count). The molecule has 166 valence electrons. The minimum atomic E-state index is -0.774. The van der Waals surface area contributed by atoms with Gasteiger partial charge in [0.05, 0.1) is 6.04 Å². The molecule has 0 aromatic rings. The summed E-state index contributed by atoms with van der Waals surface area (Å²) in [6, 6.07) is -1.98. The van der Waals surface area contributed by atoms with Crippen LogP contribution in [0.15, 0.2) is 0 Å². The zero-order valence-electron chi connectivity index (χ0n) is 17.8. The maximum absolute atomic E-state index is 13.2. The smallest absolute Gasteiger partial charge is 0.245 e. The first kappa shape index (κ1) is 24.7. The Bertz CT molecular complexity index is 582. The van der Waals surface area contributed by atoms with Gasteiger partial charge in [0.2, 0.25) is 17.7 Å². The van der Waals surface area contributed by atoms with Crippen LogP contribution < -0.4 is 27.4 Å². The number of amides is 3. The minimum absolute atomic E-state index is 0.147. The highest BCUT2D eigenvalue weighted by atomic mass is 16.2. The molecular formula is C19H37N7O3. The third kappa shape index (κ3) is 8.26. The Kier molecular flexibility index (Phi) is 10.4. The highest BCUT2D eigenvalue weighted by Gasteiger charge is 2.37. The van der Waals surface area contributed by atoms with Crippen molar-refractivity contribution >= 4 is 23.7 Å². The topological polar surface area (TPSA) is 166 Å². The van der Waals surface area contributed by atoms with E-state index in [1.807, 2.05) is 20.8 Å². The van der Waals surface area contributed by atoms with Crippen LogP contribution in [-0.4, -0.2) is 66.3 Å². The van der Waals surface area contributed by atoms with E-state index in [0.717, 1.165) is 6.42 Å². The number of carbonyl (C=O) groups excluding carboxylic acids is 3. The van der Waals surface area contributed by atoms with Crippen LogP contribution in [0.4, 0.5) is 0 Å². The maximum Gasteiger partial charge on any atom is 0.245 e. The van der Waals surface area contributed by atoms with Crippen LogP contribution in [0.2, 0.25) is 0 Å². The Morgan fingerprint density at radius 2 is 1.93 bits per heavy atom. The number of carbonyl (C=O) groups is 3. The van der Waals surface area contributed by atoms with Crippen molar-refractivity contribution in [2.75, 3.05) is 19.6 Å². The van der Waals surface area contributed by atoms with Gasteiger partial charge in [-0.05, 0) is 44.9 Å². The van der Waals surface area contributed by atoms with Crippen molar-refractivity contribution in [1.82, 2.24) is 20.9 Å². The Balaban J connectivity index is 2.84. The summed E-state index contributed by atoms with van der Waals surface area (Å²) in [5.74, 6) is -0.702. The molecule has 1 saturated heterocycles. The van der Waals surface area contributed by atoms with Gasteiger partial charge in [0, 0.05) is 19.6 Å². The summed E-state index contributed by atoms with van der Waals surface area (Å²) >= 11 is 0. The lowest BCUT2D eigenvalue weighted by molar-refractivity contribution is -0.141. The number of likely N-dealkylation sites (N-methyl/N-ethyl adjacent to an activating group) is 1. The number of guanidine groups is 1. The van der Waals surface area contributed by atoms with E-state index in [0.29, 0.717) is 45.3 Å². The van der Waals surface area contributed by atoms with E-state index in [4.69, 9.17) is 16.9 Å². The predicted octanol–water partition coefficient (Wildman–Crippen LogP) is -0.765. The van der Waals surface area contributed by atoms with Crippen LogP contribution >= 0.6 is 0 Å². The third-order valence-electron chi connectivity index (χ3n) is 4.85. The van der Waals surface area contributed by atoms with Crippen LogP contribution in [-0.2, 0) is 14.4 Å². The minimum Gasteiger partial charge on any atom is -0.370 e. The third-order valence-corrected chi connectivity index (χ3v) is 4.85. The van der Waals surface area contributed by atoms with E-state index >= 15 is 0 Å². The van der Waals surface area contributed by atoms with Gasteiger partial charge in [-0.15, -0.1) is 0 Å². The molecule has 1 unspecified atom stereocenters. The van der Waals surface area contributed by atoms with Crippen LogP contribution in [0.1, 0.15) is 52.9 Å². The molecule has 0 aliphatic carbocycles. The van der Waals surface area contributed by atoms with Crippen molar-refractivity contribution < 1.29 is 14.4 Å². The second-order valence-electron chi connectivity index (χ2n) is 7.86. The van der Waals surface area contributed by atoms with Crippen molar-refractivity contribution in [3.05, 3.63) is 0 Å². The van der Waals surface area contributed by atoms with Gasteiger partial charge in [-0.1, -0.05) is 13.8 Å². The van der Waals surface area contributed by atoms with E-state index in [1.54, 1.807) is 4.90 Å². The zero-order valence-corrected chi connectivity index (χ0v) is 17.8. The van der Waals surface area contributed by atoms with Crippen molar-refractivity contribution in [3.8, 4) is 0 Å². The number of hydrogen-bond donors (Lipinski definition) is 6. The van der Waals surface area contributed by atoms with Gasteiger partial charge in [-0.2, -0.15) is 0 Å². The number of nitrogens with zero attached hydrogens (tertiary/aromatic N) is 1. The Morgan fingerprint density at radius 3 is 2.52 bits per heavy atom. The van der Waals surface area contributed by atoms with Gasteiger partial charge in [0.15, 0.2) is 5.96 Å². The summed E-state index contributed by atoms with van der Waals surface area (Å²) in [6.07, 6.45) is 2.75. The normalized spacial score (nSPS) is 18.2. The van der Waals surface area contributed by atoms with Crippen molar-refractivity contribution in [2.45, 2.75) is 71.0 Å². The second-order valence-corrected chi connectivity index (χ2v) is 7.86. The quantitative estimate of drug-likeness (QED) is 0.148. The molecule has 10 nitrogen and oxygen atoms in total. The molecule has 0 saturated carbocycles. The van der Waals surface area contributed by atoms with Crippen LogP contribution in [0.25, 0.3) is 0 Å². The average Bonchev–Trinajstić information content (AvgIpc) is 3.12. The van der Waals surface area contributed by atoms with Gasteiger partial charge in [0.25, 0.3) is 0 Å². The van der Waals surface area contributed by atoms with E-state index < -0.39 is 18.1 Å². The summed E-state index contributed by atoms with van der Waals surface area (Å²) < 4.78 is 0. The average molecular weight is 412 g/mol. The SMILES string of the molecule is CCNC(=O)[C@@H]1CCCN1C(=O)[C@H](CCCNC(=N)N)NC(=O)C(N)CC(C)C. The van der Waals surface area contributed by atoms with Crippen LogP contribution in [0, 0.1) is 11.3 Å². The molecule has 1 heterocycles. The molecule has 3 atom stereocenters. The molecule has 10 heteroatoms. The van der Waals surface area contributed by atoms with E-state index in [1.165, 1.54) is 0 Å².